The molecule has 3 aliphatic rings. The van der Waals surface area contributed by atoms with Crippen molar-refractivity contribution < 1.29 is 9.59 Å². The molecule has 0 aromatic heterocycles. The topological polar surface area (TPSA) is 37.4 Å². The SMILES string of the molecule is CC(C)=C1[C@H]2C=C[C@H]1[C@H]1C(=O)N(c3cccc(Cl)c3)C(=O)[C@@H]12. The van der Waals surface area contributed by atoms with Crippen LogP contribution in [0.4, 0.5) is 5.69 Å². The normalized spacial score (nSPS) is 32.1. The van der Waals surface area contributed by atoms with Crippen LogP contribution in [-0.2, 0) is 9.59 Å². The fourth-order valence-corrected chi connectivity index (χ4v) is 4.48. The van der Waals surface area contributed by atoms with Crippen molar-refractivity contribution in [2.75, 3.05) is 4.90 Å². The number of anilines is 1. The summed E-state index contributed by atoms with van der Waals surface area (Å²) >= 11 is 6.00. The zero-order valence-electron chi connectivity index (χ0n) is 12.4. The molecule has 1 saturated heterocycles. The highest BCUT2D eigenvalue weighted by Crippen LogP contribution is 2.57. The van der Waals surface area contributed by atoms with E-state index in [1.165, 1.54) is 16.0 Å². The molecule has 1 aromatic carbocycles. The molecule has 2 bridgehead atoms. The molecule has 0 radical (unpaired) electrons. The molecule has 1 saturated carbocycles. The van der Waals surface area contributed by atoms with E-state index in [1.807, 2.05) is 0 Å². The molecular formula is C18H16ClNO2. The van der Waals surface area contributed by atoms with E-state index in [1.54, 1.807) is 24.3 Å². The van der Waals surface area contributed by atoms with Crippen LogP contribution in [0.5, 0.6) is 0 Å². The zero-order valence-corrected chi connectivity index (χ0v) is 13.2. The van der Waals surface area contributed by atoms with E-state index in [9.17, 15) is 9.59 Å². The molecule has 1 aromatic rings. The van der Waals surface area contributed by atoms with Gasteiger partial charge in [0.25, 0.3) is 0 Å². The standard InChI is InChI=1S/C18H16ClNO2/c1-9(2)14-12-6-7-13(14)16-15(12)17(21)20(18(16)22)11-5-3-4-10(19)8-11/h3-8,12-13,15-16H,1-2H3/t12-,13-,15-,16-/m1/s1. The Labute approximate surface area is 134 Å². The molecule has 22 heavy (non-hydrogen) atoms. The fourth-order valence-electron chi connectivity index (χ4n) is 4.30. The zero-order chi connectivity index (χ0) is 15.6. The van der Waals surface area contributed by atoms with Gasteiger partial charge in [0.2, 0.25) is 11.8 Å². The summed E-state index contributed by atoms with van der Waals surface area (Å²) in [6.07, 6.45) is 4.20. The molecule has 2 fully saturated rings. The monoisotopic (exact) mass is 313 g/mol. The predicted octanol–water partition coefficient (Wildman–Crippen LogP) is 3.60. The first-order valence-electron chi connectivity index (χ1n) is 7.49. The number of hydrogen-bond donors (Lipinski definition) is 0. The van der Waals surface area contributed by atoms with Gasteiger partial charge in [-0.15, -0.1) is 0 Å². The van der Waals surface area contributed by atoms with Crippen molar-refractivity contribution in [1.82, 2.24) is 0 Å². The van der Waals surface area contributed by atoms with Crippen LogP contribution in [0, 0.1) is 23.7 Å². The average molecular weight is 314 g/mol. The number of fused-ring (bicyclic) bond motifs is 5. The van der Waals surface area contributed by atoms with Gasteiger partial charge in [-0.05, 0) is 32.0 Å². The van der Waals surface area contributed by atoms with Crippen LogP contribution in [0.1, 0.15) is 13.8 Å². The number of carbonyl (C=O) groups is 2. The molecule has 4 atom stereocenters. The Bertz CT molecular complexity index is 726. The molecule has 0 N–H and O–H groups in total. The van der Waals surface area contributed by atoms with Crippen molar-refractivity contribution in [2.24, 2.45) is 23.7 Å². The van der Waals surface area contributed by atoms with Gasteiger partial charge in [0.1, 0.15) is 0 Å². The number of carbonyl (C=O) groups excluding carboxylic acids is 2. The molecule has 1 heterocycles. The Hall–Kier alpha value is -1.87. The summed E-state index contributed by atoms with van der Waals surface area (Å²) in [6.45, 7) is 4.13. The van der Waals surface area contributed by atoms with Crippen molar-refractivity contribution in [3.05, 3.63) is 52.6 Å². The molecule has 2 amide bonds. The molecule has 0 spiro atoms. The van der Waals surface area contributed by atoms with Crippen molar-refractivity contribution >= 4 is 29.1 Å². The Kier molecular flexibility index (Phi) is 2.85. The summed E-state index contributed by atoms with van der Waals surface area (Å²) in [5, 5.41) is 0.529. The number of nitrogens with zero attached hydrogens (tertiary/aromatic N) is 1. The Balaban J connectivity index is 1.78. The number of imide groups is 1. The summed E-state index contributed by atoms with van der Waals surface area (Å²) in [4.78, 5) is 27.1. The second kappa shape index (κ2) is 4.56. The van der Waals surface area contributed by atoms with Gasteiger partial charge in [0.05, 0.1) is 17.5 Å². The van der Waals surface area contributed by atoms with Crippen molar-refractivity contribution in [2.45, 2.75) is 13.8 Å². The summed E-state index contributed by atoms with van der Waals surface area (Å²) in [7, 11) is 0. The van der Waals surface area contributed by atoms with Gasteiger partial charge in [-0.25, -0.2) is 4.90 Å². The lowest BCUT2D eigenvalue weighted by Crippen LogP contribution is -2.33. The highest BCUT2D eigenvalue weighted by molar-refractivity contribution is 6.31. The lowest BCUT2D eigenvalue weighted by Gasteiger charge is -2.19. The highest BCUT2D eigenvalue weighted by Gasteiger charge is 2.61. The third kappa shape index (κ3) is 1.63. The minimum atomic E-state index is -0.244. The largest absolute Gasteiger partial charge is 0.274 e. The molecule has 4 rings (SSSR count). The van der Waals surface area contributed by atoms with Gasteiger partial charge in [-0.1, -0.05) is 41.0 Å². The minimum Gasteiger partial charge on any atom is -0.274 e. The molecular weight excluding hydrogens is 298 g/mol. The summed E-state index contributed by atoms with van der Waals surface area (Å²) < 4.78 is 0. The third-order valence-electron chi connectivity index (χ3n) is 5.06. The number of allylic oxidation sites excluding steroid dienone is 4. The summed E-state index contributed by atoms with van der Waals surface area (Å²) in [5.41, 5.74) is 3.07. The van der Waals surface area contributed by atoms with Crippen molar-refractivity contribution in [1.29, 1.82) is 0 Å². The van der Waals surface area contributed by atoms with E-state index >= 15 is 0 Å². The smallest absolute Gasteiger partial charge is 0.238 e. The molecule has 2 aliphatic carbocycles. The van der Waals surface area contributed by atoms with Gasteiger partial charge in [-0.2, -0.15) is 0 Å². The van der Waals surface area contributed by atoms with E-state index in [2.05, 4.69) is 26.0 Å². The van der Waals surface area contributed by atoms with Crippen LogP contribution in [0.2, 0.25) is 5.02 Å². The van der Waals surface area contributed by atoms with Gasteiger partial charge in [0, 0.05) is 16.9 Å². The highest BCUT2D eigenvalue weighted by atomic mass is 35.5. The second-order valence-corrected chi connectivity index (χ2v) is 6.87. The number of halogens is 1. The second-order valence-electron chi connectivity index (χ2n) is 6.44. The Morgan fingerprint density at radius 3 is 2.14 bits per heavy atom. The molecule has 0 unspecified atom stereocenters. The Morgan fingerprint density at radius 2 is 1.64 bits per heavy atom. The molecule has 112 valence electrons. The van der Waals surface area contributed by atoms with Crippen LogP contribution in [0.3, 0.4) is 0 Å². The maximum Gasteiger partial charge on any atom is 0.238 e. The lowest BCUT2D eigenvalue weighted by molar-refractivity contribution is -0.122. The van der Waals surface area contributed by atoms with E-state index in [0.29, 0.717) is 10.7 Å². The molecule has 3 nitrogen and oxygen atoms in total. The van der Waals surface area contributed by atoms with E-state index in [4.69, 9.17) is 11.6 Å². The van der Waals surface area contributed by atoms with Gasteiger partial charge >= 0.3 is 0 Å². The number of hydrogen-bond acceptors (Lipinski definition) is 2. The van der Waals surface area contributed by atoms with E-state index in [-0.39, 0.29) is 35.5 Å². The van der Waals surface area contributed by atoms with Gasteiger partial charge < -0.3 is 0 Å². The first-order valence-corrected chi connectivity index (χ1v) is 7.87. The van der Waals surface area contributed by atoms with Crippen molar-refractivity contribution in [3.63, 3.8) is 0 Å². The third-order valence-corrected chi connectivity index (χ3v) is 5.29. The van der Waals surface area contributed by atoms with Crippen LogP contribution >= 0.6 is 11.6 Å². The first kappa shape index (κ1) is 13.8. The quantitative estimate of drug-likeness (QED) is 0.587. The van der Waals surface area contributed by atoms with Crippen LogP contribution < -0.4 is 4.90 Å². The number of amides is 2. The van der Waals surface area contributed by atoms with E-state index < -0.39 is 0 Å². The van der Waals surface area contributed by atoms with Crippen LogP contribution in [0.25, 0.3) is 0 Å². The van der Waals surface area contributed by atoms with E-state index in [0.717, 1.165) is 0 Å². The number of rotatable bonds is 1. The number of benzene rings is 1. The molecule has 1 aliphatic heterocycles. The maximum absolute atomic E-state index is 12.9. The van der Waals surface area contributed by atoms with Crippen LogP contribution in [0.15, 0.2) is 47.6 Å². The Morgan fingerprint density at radius 1 is 1.05 bits per heavy atom. The minimum absolute atomic E-state index is 0.0839. The van der Waals surface area contributed by atoms with Crippen LogP contribution in [-0.4, -0.2) is 11.8 Å². The summed E-state index contributed by atoms with van der Waals surface area (Å²) in [5.74, 6) is -0.500. The molecule has 4 heteroatoms. The van der Waals surface area contributed by atoms with Gasteiger partial charge in [-0.3, -0.25) is 9.59 Å². The summed E-state index contributed by atoms with van der Waals surface area (Å²) in [6, 6.07) is 6.94. The predicted molar refractivity (Wildman–Crippen MR) is 85.4 cm³/mol. The van der Waals surface area contributed by atoms with Gasteiger partial charge in [0.15, 0.2) is 0 Å². The lowest BCUT2D eigenvalue weighted by atomic mass is 9.85. The fraction of sp³-hybridized carbons (Fsp3) is 0.333. The maximum atomic E-state index is 12.9. The first-order chi connectivity index (χ1) is 10.5. The van der Waals surface area contributed by atoms with Crippen molar-refractivity contribution in [3.8, 4) is 0 Å². The average Bonchev–Trinajstić information content (AvgIpc) is 3.09.